The van der Waals surface area contributed by atoms with Gasteiger partial charge in [0, 0.05) is 5.57 Å². The van der Waals surface area contributed by atoms with Crippen LogP contribution in [0.25, 0.3) is 10.2 Å². The maximum atomic E-state index is 11.8. The molecular weight excluding hydrogens is 244 g/mol. The highest BCUT2D eigenvalue weighted by atomic mass is 32.1. The molecule has 0 fully saturated rings. The molecule has 0 saturated carbocycles. The Kier molecular flexibility index (Phi) is 3.77. The van der Waals surface area contributed by atoms with Crippen molar-refractivity contribution in [1.82, 2.24) is 4.98 Å². The number of allylic oxidation sites excluding steroid dienone is 1. The fourth-order valence-electron chi connectivity index (χ4n) is 1.68. The molecule has 0 aliphatic carbocycles. The minimum atomic E-state index is -0.0763. The first kappa shape index (κ1) is 12.8. The lowest BCUT2D eigenvalue weighted by Gasteiger charge is -2.00. The number of aryl methyl sites for hydroxylation is 1. The third kappa shape index (κ3) is 2.76. The molecule has 1 amide bonds. The zero-order chi connectivity index (χ0) is 13.1. The Morgan fingerprint density at radius 3 is 3.00 bits per heavy atom. The van der Waals surface area contributed by atoms with Gasteiger partial charge in [0.25, 0.3) is 5.91 Å². The van der Waals surface area contributed by atoms with E-state index < -0.39 is 0 Å². The summed E-state index contributed by atoms with van der Waals surface area (Å²) >= 11 is 1.50. The number of hydrogen-bond acceptors (Lipinski definition) is 3. The highest BCUT2D eigenvalue weighted by Gasteiger charge is 2.08. The predicted octanol–water partition coefficient (Wildman–Crippen LogP) is 3.90. The second-order valence-corrected chi connectivity index (χ2v) is 5.27. The van der Waals surface area contributed by atoms with Crippen LogP contribution in [-0.2, 0) is 4.79 Å². The van der Waals surface area contributed by atoms with Gasteiger partial charge in [-0.3, -0.25) is 10.1 Å². The van der Waals surface area contributed by atoms with Crippen LogP contribution in [0.1, 0.15) is 25.8 Å². The second-order valence-electron chi connectivity index (χ2n) is 4.24. The number of anilines is 1. The number of benzene rings is 1. The van der Waals surface area contributed by atoms with Crippen molar-refractivity contribution in [2.24, 2.45) is 0 Å². The number of thiazole rings is 1. The van der Waals surface area contributed by atoms with Crippen LogP contribution >= 0.6 is 11.3 Å². The van der Waals surface area contributed by atoms with E-state index in [1.165, 1.54) is 16.9 Å². The fourth-order valence-corrected chi connectivity index (χ4v) is 2.64. The summed E-state index contributed by atoms with van der Waals surface area (Å²) in [5, 5.41) is 3.49. The second kappa shape index (κ2) is 5.31. The van der Waals surface area contributed by atoms with Crippen molar-refractivity contribution in [1.29, 1.82) is 0 Å². The van der Waals surface area contributed by atoms with Crippen molar-refractivity contribution in [2.75, 3.05) is 5.32 Å². The number of nitrogens with zero attached hydrogens (tertiary/aromatic N) is 1. The molecule has 4 heteroatoms. The summed E-state index contributed by atoms with van der Waals surface area (Å²) in [6, 6.07) is 6.08. The van der Waals surface area contributed by atoms with E-state index in [2.05, 4.69) is 16.4 Å². The van der Waals surface area contributed by atoms with E-state index in [1.807, 2.05) is 39.0 Å². The van der Waals surface area contributed by atoms with Gasteiger partial charge in [-0.2, -0.15) is 0 Å². The van der Waals surface area contributed by atoms with Gasteiger partial charge in [-0.05, 0) is 38.0 Å². The molecule has 0 saturated heterocycles. The number of rotatable bonds is 3. The van der Waals surface area contributed by atoms with Crippen molar-refractivity contribution in [3.05, 3.63) is 35.4 Å². The van der Waals surface area contributed by atoms with Crippen LogP contribution in [0.15, 0.2) is 29.8 Å². The minimum Gasteiger partial charge on any atom is -0.298 e. The summed E-state index contributed by atoms with van der Waals surface area (Å²) < 4.78 is 1.10. The molecule has 1 N–H and O–H groups in total. The largest absolute Gasteiger partial charge is 0.298 e. The highest BCUT2D eigenvalue weighted by Crippen LogP contribution is 2.26. The molecule has 2 rings (SSSR count). The maximum Gasteiger partial charge on any atom is 0.252 e. The third-order valence-electron chi connectivity index (χ3n) is 2.63. The van der Waals surface area contributed by atoms with E-state index in [4.69, 9.17) is 0 Å². The summed E-state index contributed by atoms with van der Waals surface area (Å²) in [5.41, 5.74) is 2.86. The van der Waals surface area contributed by atoms with Gasteiger partial charge in [0.1, 0.15) is 0 Å². The van der Waals surface area contributed by atoms with Crippen LogP contribution < -0.4 is 5.32 Å². The number of hydrogen-bond donors (Lipinski definition) is 1. The molecule has 1 heterocycles. The molecule has 0 bridgehead atoms. The average Bonchev–Trinajstić information content (AvgIpc) is 2.70. The summed E-state index contributed by atoms with van der Waals surface area (Å²) in [6.07, 6.45) is 2.77. The number of carbonyl (C=O) groups is 1. The molecule has 1 aromatic heterocycles. The van der Waals surface area contributed by atoms with Gasteiger partial charge in [-0.1, -0.05) is 30.4 Å². The average molecular weight is 260 g/mol. The zero-order valence-corrected chi connectivity index (χ0v) is 11.6. The Morgan fingerprint density at radius 1 is 1.50 bits per heavy atom. The zero-order valence-electron chi connectivity index (χ0n) is 10.8. The Labute approximate surface area is 111 Å². The third-order valence-corrected chi connectivity index (χ3v) is 3.57. The first-order valence-electron chi connectivity index (χ1n) is 5.95. The number of aromatic nitrogens is 1. The Bertz CT molecular complexity index is 613. The highest BCUT2D eigenvalue weighted by molar-refractivity contribution is 7.22. The SMILES string of the molecule is CC/C=C(/C)C(=O)Nc1nc2ccc(C)cc2s1. The van der Waals surface area contributed by atoms with Crippen LogP contribution in [0.3, 0.4) is 0 Å². The van der Waals surface area contributed by atoms with Crippen molar-refractivity contribution >= 4 is 32.6 Å². The van der Waals surface area contributed by atoms with E-state index in [0.29, 0.717) is 5.13 Å². The van der Waals surface area contributed by atoms with Gasteiger partial charge in [-0.25, -0.2) is 4.98 Å². The lowest BCUT2D eigenvalue weighted by atomic mass is 10.2. The Morgan fingerprint density at radius 2 is 2.28 bits per heavy atom. The monoisotopic (exact) mass is 260 g/mol. The molecular formula is C14H16N2OS. The topological polar surface area (TPSA) is 42.0 Å². The molecule has 0 unspecified atom stereocenters. The van der Waals surface area contributed by atoms with Crippen molar-refractivity contribution in [2.45, 2.75) is 27.2 Å². The van der Waals surface area contributed by atoms with Gasteiger partial charge in [0.15, 0.2) is 5.13 Å². The first-order valence-corrected chi connectivity index (χ1v) is 6.77. The molecule has 3 nitrogen and oxygen atoms in total. The molecule has 0 spiro atoms. The van der Waals surface area contributed by atoms with Crippen LogP contribution in [0.2, 0.25) is 0 Å². The maximum absolute atomic E-state index is 11.8. The lowest BCUT2D eigenvalue weighted by molar-refractivity contribution is -0.112. The van der Waals surface area contributed by atoms with E-state index in [9.17, 15) is 4.79 Å². The minimum absolute atomic E-state index is 0.0763. The summed E-state index contributed by atoms with van der Waals surface area (Å²) in [4.78, 5) is 16.2. The smallest absolute Gasteiger partial charge is 0.252 e. The number of nitrogens with one attached hydrogen (secondary N) is 1. The molecule has 0 atom stereocenters. The van der Waals surface area contributed by atoms with Gasteiger partial charge in [0.05, 0.1) is 10.2 Å². The first-order chi connectivity index (χ1) is 8.60. The van der Waals surface area contributed by atoms with Crippen LogP contribution in [0.4, 0.5) is 5.13 Å². The van der Waals surface area contributed by atoms with Gasteiger partial charge in [-0.15, -0.1) is 0 Å². The summed E-state index contributed by atoms with van der Waals surface area (Å²) in [5.74, 6) is -0.0763. The molecule has 2 aromatic rings. The lowest BCUT2D eigenvalue weighted by Crippen LogP contribution is -2.12. The fraction of sp³-hybridized carbons (Fsp3) is 0.286. The van der Waals surface area contributed by atoms with Gasteiger partial charge < -0.3 is 0 Å². The van der Waals surface area contributed by atoms with Crippen LogP contribution in [0, 0.1) is 6.92 Å². The van der Waals surface area contributed by atoms with E-state index in [1.54, 1.807) is 0 Å². The molecule has 0 radical (unpaired) electrons. The van der Waals surface area contributed by atoms with Crippen molar-refractivity contribution < 1.29 is 4.79 Å². The number of carbonyl (C=O) groups excluding carboxylic acids is 1. The van der Waals surface area contributed by atoms with E-state index in [0.717, 1.165) is 22.2 Å². The van der Waals surface area contributed by atoms with Crippen LogP contribution in [-0.4, -0.2) is 10.9 Å². The molecule has 0 aliphatic rings. The summed E-state index contributed by atoms with van der Waals surface area (Å²) in [7, 11) is 0. The molecule has 94 valence electrons. The standard InChI is InChI=1S/C14H16N2OS/c1-4-5-10(3)13(17)16-14-15-11-7-6-9(2)8-12(11)18-14/h5-8H,4H2,1-3H3,(H,15,16,17)/b10-5-. The Hall–Kier alpha value is -1.68. The summed E-state index contributed by atoms with van der Waals surface area (Å²) in [6.45, 7) is 5.87. The van der Waals surface area contributed by atoms with E-state index in [-0.39, 0.29) is 5.91 Å². The quantitative estimate of drug-likeness (QED) is 0.850. The Balaban J connectivity index is 2.22. The van der Waals surface area contributed by atoms with Crippen LogP contribution in [0.5, 0.6) is 0 Å². The van der Waals surface area contributed by atoms with Gasteiger partial charge >= 0.3 is 0 Å². The van der Waals surface area contributed by atoms with Gasteiger partial charge in [0.2, 0.25) is 0 Å². The normalized spacial score (nSPS) is 11.8. The number of fused-ring (bicyclic) bond motifs is 1. The molecule has 0 aliphatic heterocycles. The molecule has 18 heavy (non-hydrogen) atoms. The van der Waals surface area contributed by atoms with E-state index >= 15 is 0 Å². The number of amides is 1. The molecule has 1 aromatic carbocycles. The van der Waals surface area contributed by atoms with Crippen molar-refractivity contribution in [3.8, 4) is 0 Å². The predicted molar refractivity (Wildman–Crippen MR) is 77.0 cm³/mol. The van der Waals surface area contributed by atoms with Crippen molar-refractivity contribution in [3.63, 3.8) is 0 Å².